The monoisotopic (exact) mass is 268 g/mol. The van der Waals surface area contributed by atoms with Gasteiger partial charge in [-0.3, -0.25) is 4.90 Å². The number of ether oxygens (including phenoxy) is 1. The summed E-state index contributed by atoms with van der Waals surface area (Å²) in [5, 5.41) is 3.44. The molecule has 1 saturated heterocycles. The first-order valence-electron chi connectivity index (χ1n) is 8.04. The first kappa shape index (κ1) is 15.3. The third-order valence-electron chi connectivity index (χ3n) is 5.26. The summed E-state index contributed by atoms with van der Waals surface area (Å²) in [7, 11) is 3.97. The topological polar surface area (TPSA) is 24.5 Å². The highest BCUT2D eigenvalue weighted by Crippen LogP contribution is 2.38. The minimum atomic E-state index is 0.0771. The summed E-state index contributed by atoms with van der Waals surface area (Å²) < 4.78 is 5.73. The lowest BCUT2D eigenvalue weighted by Gasteiger charge is -2.46. The molecule has 3 nitrogen and oxygen atoms in total. The summed E-state index contributed by atoms with van der Waals surface area (Å²) in [5.41, 5.74) is 0.590. The first-order chi connectivity index (χ1) is 9.11. The number of nitrogens with one attached hydrogen (secondary N) is 1. The number of likely N-dealkylation sites (tertiary alicyclic amines) is 1. The Kier molecular flexibility index (Phi) is 5.27. The van der Waals surface area contributed by atoms with Crippen LogP contribution in [0.3, 0.4) is 0 Å². The van der Waals surface area contributed by atoms with Crippen molar-refractivity contribution >= 4 is 0 Å². The normalized spacial score (nSPS) is 32.4. The fourth-order valence-electron chi connectivity index (χ4n) is 4.15. The summed E-state index contributed by atoms with van der Waals surface area (Å²) >= 11 is 0. The van der Waals surface area contributed by atoms with E-state index >= 15 is 0 Å². The van der Waals surface area contributed by atoms with Gasteiger partial charge in [-0.15, -0.1) is 0 Å². The molecular formula is C16H32N2O. The smallest absolute Gasteiger partial charge is 0.0777 e. The number of piperidine rings is 1. The molecule has 1 aliphatic heterocycles. The zero-order valence-corrected chi connectivity index (χ0v) is 13.1. The number of nitrogens with zero attached hydrogens (tertiary/aromatic N) is 1. The largest absolute Gasteiger partial charge is 0.377 e. The van der Waals surface area contributed by atoms with E-state index in [0.29, 0.717) is 5.41 Å². The first-order valence-corrected chi connectivity index (χ1v) is 8.04. The molecule has 0 aromatic heterocycles. The molecule has 2 aliphatic rings. The molecule has 3 heteroatoms. The fourth-order valence-corrected chi connectivity index (χ4v) is 4.15. The zero-order valence-electron chi connectivity index (χ0n) is 13.1. The molecule has 2 fully saturated rings. The van der Waals surface area contributed by atoms with Crippen molar-refractivity contribution in [2.75, 3.05) is 40.3 Å². The fraction of sp³-hybridized carbons (Fsp3) is 1.00. The van der Waals surface area contributed by atoms with Crippen LogP contribution in [0.2, 0.25) is 0 Å². The molecule has 2 rings (SSSR count). The Morgan fingerprint density at radius 3 is 2.47 bits per heavy atom. The molecular weight excluding hydrogens is 236 g/mol. The third kappa shape index (κ3) is 3.93. The lowest BCUT2D eigenvalue weighted by molar-refractivity contribution is -0.0618. The summed E-state index contributed by atoms with van der Waals surface area (Å²) in [6.07, 6.45) is 9.54. The maximum atomic E-state index is 5.73. The molecule has 1 unspecified atom stereocenters. The van der Waals surface area contributed by atoms with E-state index in [0.717, 1.165) is 6.54 Å². The minimum absolute atomic E-state index is 0.0771. The third-order valence-corrected chi connectivity index (χ3v) is 5.26. The predicted molar refractivity (Wildman–Crippen MR) is 80.5 cm³/mol. The maximum absolute atomic E-state index is 5.73. The Morgan fingerprint density at radius 1 is 1.11 bits per heavy atom. The second kappa shape index (κ2) is 6.55. The van der Waals surface area contributed by atoms with Crippen molar-refractivity contribution in [3.63, 3.8) is 0 Å². The van der Waals surface area contributed by atoms with Crippen molar-refractivity contribution in [1.29, 1.82) is 0 Å². The van der Waals surface area contributed by atoms with Gasteiger partial charge in [0, 0.05) is 26.7 Å². The lowest BCUT2D eigenvalue weighted by Crippen LogP contribution is -2.52. The van der Waals surface area contributed by atoms with Crippen LogP contribution in [0.1, 0.15) is 51.9 Å². The Hall–Kier alpha value is -0.120. The van der Waals surface area contributed by atoms with E-state index in [-0.39, 0.29) is 5.60 Å². The van der Waals surface area contributed by atoms with Gasteiger partial charge in [0.15, 0.2) is 0 Å². The van der Waals surface area contributed by atoms with Crippen molar-refractivity contribution < 1.29 is 4.74 Å². The Balaban J connectivity index is 1.96. The summed E-state index contributed by atoms with van der Waals surface area (Å²) in [6, 6.07) is 0. The maximum Gasteiger partial charge on any atom is 0.0777 e. The van der Waals surface area contributed by atoms with Gasteiger partial charge in [-0.25, -0.2) is 0 Å². The van der Waals surface area contributed by atoms with E-state index in [2.05, 4.69) is 24.2 Å². The molecule has 0 amide bonds. The number of hydrogen-bond acceptors (Lipinski definition) is 3. The SMILES string of the molecule is CNCC1(CN2CCCC(C)(OC)C2)CCCCC1. The van der Waals surface area contributed by atoms with E-state index in [1.54, 1.807) is 0 Å². The molecule has 0 aromatic carbocycles. The van der Waals surface area contributed by atoms with E-state index in [9.17, 15) is 0 Å². The molecule has 112 valence electrons. The van der Waals surface area contributed by atoms with Crippen LogP contribution in [-0.2, 0) is 4.74 Å². The molecule has 1 aliphatic carbocycles. The van der Waals surface area contributed by atoms with Gasteiger partial charge >= 0.3 is 0 Å². The van der Waals surface area contributed by atoms with Crippen LogP contribution in [0.5, 0.6) is 0 Å². The van der Waals surface area contributed by atoms with Crippen molar-refractivity contribution in [3.05, 3.63) is 0 Å². The van der Waals surface area contributed by atoms with Crippen LogP contribution in [0, 0.1) is 5.41 Å². The van der Waals surface area contributed by atoms with Gasteiger partial charge in [0.2, 0.25) is 0 Å². The number of hydrogen-bond donors (Lipinski definition) is 1. The molecule has 1 N–H and O–H groups in total. The minimum Gasteiger partial charge on any atom is -0.377 e. The summed E-state index contributed by atoms with van der Waals surface area (Å²) in [4.78, 5) is 2.66. The van der Waals surface area contributed by atoms with E-state index in [1.165, 1.54) is 64.6 Å². The lowest BCUT2D eigenvalue weighted by atomic mass is 9.73. The highest BCUT2D eigenvalue weighted by Gasteiger charge is 2.37. The van der Waals surface area contributed by atoms with Crippen LogP contribution in [0.4, 0.5) is 0 Å². The van der Waals surface area contributed by atoms with Gasteiger partial charge in [-0.1, -0.05) is 19.3 Å². The molecule has 0 bridgehead atoms. The quantitative estimate of drug-likeness (QED) is 0.829. The van der Waals surface area contributed by atoms with Crippen LogP contribution in [-0.4, -0.2) is 50.8 Å². The van der Waals surface area contributed by atoms with Crippen LogP contribution in [0.15, 0.2) is 0 Å². The van der Waals surface area contributed by atoms with Crippen molar-refractivity contribution in [2.24, 2.45) is 5.41 Å². The Labute approximate surface area is 119 Å². The average Bonchev–Trinajstić information content (AvgIpc) is 2.40. The van der Waals surface area contributed by atoms with E-state index < -0.39 is 0 Å². The molecule has 1 saturated carbocycles. The Bertz CT molecular complexity index is 270. The van der Waals surface area contributed by atoms with Gasteiger partial charge in [-0.2, -0.15) is 0 Å². The van der Waals surface area contributed by atoms with Crippen molar-refractivity contribution in [2.45, 2.75) is 57.5 Å². The molecule has 1 atom stereocenters. The van der Waals surface area contributed by atoms with E-state index in [4.69, 9.17) is 4.74 Å². The highest BCUT2D eigenvalue weighted by molar-refractivity contribution is 4.91. The predicted octanol–water partition coefficient (Wildman–Crippen LogP) is 2.66. The van der Waals surface area contributed by atoms with Gasteiger partial charge in [0.25, 0.3) is 0 Å². The Morgan fingerprint density at radius 2 is 1.84 bits per heavy atom. The zero-order chi connectivity index (χ0) is 13.8. The van der Waals surface area contributed by atoms with Crippen LogP contribution >= 0.6 is 0 Å². The highest BCUT2D eigenvalue weighted by atomic mass is 16.5. The summed E-state index contributed by atoms with van der Waals surface area (Å²) in [5.74, 6) is 0. The number of rotatable bonds is 5. The van der Waals surface area contributed by atoms with E-state index in [1.807, 2.05) is 7.11 Å². The molecule has 0 radical (unpaired) electrons. The van der Waals surface area contributed by atoms with Gasteiger partial charge in [0.05, 0.1) is 5.60 Å². The number of methoxy groups -OCH3 is 1. The van der Waals surface area contributed by atoms with Crippen LogP contribution in [0.25, 0.3) is 0 Å². The van der Waals surface area contributed by atoms with Gasteiger partial charge in [0.1, 0.15) is 0 Å². The standard InChI is InChI=1S/C16H32N2O/c1-15(19-3)8-7-11-18(13-15)14-16(12-17-2)9-5-4-6-10-16/h17H,4-14H2,1-3H3. The van der Waals surface area contributed by atoms with Crippen molar-refractivity contribution in [3.8, 4) is 0 Å². The second-order valence-electron chi connectivity index (χ2n) is 7.06. The molecule has 0 spiro atoms. The molecule has 19 heavy (non-hydrogen) atoms. The average molecular weight is 268 g/mol. The molecule has 1 heterocycles. The second-order valence-corrected chi connectivity index (χ2v) is 7.06. The van der Waals surface area contributed by atoms with Crippen molar-refractivity contribution in [1.82, 2.24) is 10.2 Å². The van der Waals surface area contributed by atoms with Crippen LogP contribution < -0.4 is 5.32 Å². The molecule has 0 aromatic rings. The van der Waals surface area contributed by atoms with Gasteiger partial charge in [-0.05, 0) is 51.6 Å². The summed E-state index contributed by atoms with van der Waals surface area (Å²) in [6.45, 7) is 7.06. The van der Waals surface area contributed by atoms with Gasteiger partial charge < -0.3 is 10.1 Å².